The van der Waals surface area contributed by atoms with E-state index in [4.69, 9.17) is 0 Å². The van der Waals surface area contributed by atoms with Crippen molar-refractivity contribution in [2.75, 3.05) is 6.54 Å². The predicted molar refractivity (Wildman–Crippen MR) is 118 cm³/mol. The molecular formula is C25H38F3NO. The first-order valence-corrected chi connectivity index (χ1v) is 11.5. The summed E-state index contributed by atoms with van der Waals surface area (Å²) in [6, 6.07) is 5.01. The molecule has 1 aromatic carbocycles. The Morgan fingerprint density at radius 1 is 0.867 bits per heavy atom. The van der Waals surface area contributed by atoms with Crippen LogP contribution in [0.25, 0.3) is 0 Å². The van der Waals surface area contributed by atoms with Gasteiger partial charge in [0.1, 0.15) is 0 Å². The molecule has 0 bridgehead atoms. The Labute approximate surface area is 180 Å². The summed E-state index contributed by atoms with van der Waals surface area (Å²) in [7, 11) is 0. The maximum absolute atomic E-state index is 12.7. The third-order valence-corrected chi connectivity index (χ3v) is 5.42. The van der Waals surface area contributed by atoms with E-state index >= 15 is 0 Å². The Morgan fingerprint density at radius 2 is 1.33 bits per heavy atom. The van der Waals surface area contributed by atoms with Gasteiger partial charge in [-0.15, -0.1) is 0 Å². The van der Waals surface area contributed by atoms with Crippen molar-refractivity contribution in [3.63, 3.8) is 0 Å². The molecule has 0 unspecified atom stereocenters. The molecule has 0 fully saturated rings. The largest absolute Gasteiger partial charge is 0.416 e. The number of carbonyl (C=O) groups excluding carboxylic acids is 1. The number of hydrogen-bond acceptors (Lipinski definition) is 1. The summed E-state index contributed by atoms with van der Waals surface area (Å²) in [5.74, 6) is -0.182. The molecule has 0 radical (unpaired) electrons. The molecule has 170 valence electrons. The lowest BCUT2D eigenvalue weighted by molar-refractivity contribution is -0.137. The van der Waals surface area contributed by atoms with E-state index in [-0.39, 0.29) is 5.91 Å². The van der Waals surface area contributed by atoms with E-state index in [0.29, 0.717) is 18.7 Å². The van der Waals surface area contributed by atoms with Crippen LogP contribution in [0.3, 0.4) is 0 Å². The number of amides is 1. The Hall–Kier alpha value is -1.78. The minimum atomic E-state index is -4.34. The minimum Gasteiger partial charge on any atom is -0.335 e. The molecular weight excluding hydrogens is 387 g/mol. The van der Waals surface area contributed by atoms with Gasteiger partial charge in [-0.1, -0.05) is 96.3 Å². The molecule has 0 aliphatic rings. The number of benzene rings is 1. The molecule has 0 heterocycles. The van der Waals surface area contributed by atoms with Gasteiger partial charge in [0, 0.05) is 13.1 Å². The van der Waals surface area contributed by atoms with Crippen LogP contribution in [0.2, 0.25) is 0 Å². The van der Waals surface area contributed by atoms with Gasteiger partial charge in [-0.25, -0.2) is 0 Å². The number of alkyl halides is 3. The normalized spacial score (nSPS) is 11.5. The number of hydrogen-bond donors (Lipinski definition) is 0. The van der Waals surface area contributed by atoms with Gasteiger partial charge in [-0.2, -0.15) is 13.2 Å². The molecule has 0 saturated heterocycles. The Bertz CT molecular complexity index is 595. The summed E-state index contributed by atoms with van der Waals surface area (Å²) in [6.07, 6.45) is 11.9. The molecule has 0 N–H and O–H groups in total. The van der Waals surface area contributed by atoms with Crippen molar-refractivity contribution in [2.24, 2.45) is 0 Å². The van der Waals surface area contributed by atoms with Gasteiger partial charge >= 0.3 is 6.18 Å². The van der Waals surface area contributed by atoms with Crippen LogP contribution in [0, 0.1) is 0 Å². The summed E-state index contributed by atoms with van der Waals surface area (Å²) in [6.45, 7) is 6.68. The highest BCUT2D eigenvalue weighted by Crippen LogP contribution is 2.29. The van der Waals surface area contributed by atoms with Crippen molar-refractivity contribution in [1.82, 2.24) is 4.90 Å². The van der Waals surface area contributed by atoms with Crippen molar-refractivity contribution in [3.8, 4) is 0 Å². The molecule has 0 aromatic heterocycles. The second kappa shape index (κ2) is 15.1. The van der Waals surface area contributed by atoms with E-state index in [1.165, 1.54) is 76.0 Å². The third-order valence-electron chi connectivity index (χ3n) is 5.42. The minimum absolute atomic E-state index is 0.182. The van der Waals surface area contributed by atoms with Crippen LogP contribution in [0.15, 0.2) is 36.9 Å². The molecule has 0 atom stereocenters. The molecule has 0 spiro atoms. The van der Waals surface area contributed by atoms with Gasteiger partial charge in [0.15, 0.2) is 0 Å². The van der Waals surface area contributed by atoms with E-state index in [0.717, 1.165) is 31.4 Å². The topological polar surface area (TPSA) is 20.3 Å². The second-order valence-electron chi connectivity index (χ2n) is 8.05. The van der Waals surface area contributed by atoms with Crippen LogP contribution < -0.4 is 0 Å². The highest BCUT2D eigenvalue weighted by atomic mass is 19.4. The van der Waals surface area contributed by atoms with Crippen LogP contribution in [0.5, 0.6) is 0 Å². The van der Waals surface area contributed by atoms with Gasteiger partial charge in [0.2, 0.25) is 5.91 Å². The van der Waals surface area contributed by atoms with Crippen molar-refractivity contribution >= 4 is 5.91 Å². The van der Waals surface area contributed by atoms with Crippen molar-refractivity contribution in [2.45, 2.75) is 96.7 Å². The van der Waals surface area contributed by atoms with Gasteiger partial charge in [-0.05, 0) is 30.2 Å². The molecule has 0 saturated carbocycles. The standard InChI is InChI=1S/C25H38F3NO/c1-3-5-6-7-8-9-10-11-12-13-14-15-20-29(24(30)4-2)21-22-16-18-23(19-17-22)25(26,27)28/h4,16-19H,2-3,5-15,20-21H2,1H3. The fraction of sp³-hybridized carbons (Fsp3) is 0.640. The SMILES string of the molecule is C=CC(=O)N(CCCCCCCCCCCCCC)Cc1ccc(C(F)(F)F)cc1. The summed E-state index contributed by atoms with van der Waals surface area (Å²) < 4.78 is 38.1. The van der Waals surface area contributed by atoms with Crippen LogP contribution in [0.1, 0.15) is 95.1 Å². The Morgan fingerprint density at radius 3 is 1.77 bits per heavy atom. The van der Waals surface area contributed by atoms with Crippen molar-refractivity contribution in [3.05, 3.63) is 48.0 Å². The molecule has 5 heteroatoms. The van der Waals surface area contributed by atoms with Gasteiger partial charge in [0.25, 0.3) is 0 Å². The van der Waals surface area contributed by atoms with E-state index in [1.54, 1.807) is 4.90 Å². The first-order valence-electron chi connectivity index (χ1n) is 11.5. The predicted octanol–water partition coefficient (Wildman–Crippen LogP) is 7.92. The number of rotatable bonds is 16. The smallest absolute Gasteiger partial charge is 0.335 e. The van der Waals surface area contributed by atoms with E-state index in [9.17, 15) is 18.0 Å². The van der Waals surface area contributed by atoms with Gasteiger partial charge in [-0.3, -0.25) is 4.79 Å². The Balaban J connectivity index is 2.24. The van der Waals surface area contributed by atoms with Gasteiger partial charge in [0.05, 0.1) is 5.56 Å². The molecule has 2 nitrogen and oxygen atoms in total. The van der Waals surface area contributed by atoms with Gasteiger partial charge < -0.3 is 4.90 Å². The number of nitrogens with zero attached hydrogens (tertiary/aromatic N) is 1. The summed E-state index contributed by atoms with van der Waals surface area (Å²) in [5, 5.41) is 0. The lowest BCUT2D eigenvalue weighted by atomic mass is 10.1. The quantitative estimate of drug-likeness (QED) is 0.194. The van der Waals surface area contributed by atoms with E-state index in [1.807, 2.05) is 0 Å². The first kappa shape index (κ1) is 26.3. The summed E-state index contributed by atoms with van der Waals surface area (Å²) >= 11 is 0. The lowest BCUT2D eigenvalue weighted by Crippen LogP contribution is -2.29. The zero-order valence-corrected chi connectivity index (χ0v) is 18.5. The fourth-order valence-corrected chi connectivity index (χ4v) is 3.56. The van der Waals surface area contributed by atoms with Crippen molar-refractivity contribution < 1.29 is 18.0 Å². The third kappa shape index (κ3) is 11.4. The van der Waals surface area contributed by atoms with Crippen LogP contribution in [-0.2, 0) is 17.5 Å². The molecule has 1 rings (SSSR count). The average Bonchev–Trinajstić information content (AvgIpc) is 2.72. The molecule has 0 aliphatic carbocycles. The monoisotopic (exact) mass is 425 g/mol. The van der Waals surface area contributed by atoms with Crippen LogP contribution in [0.4, 0.5) is 13.2 Å². The van der Waals surface area contributed by atoms with E-state index in [2.05, 4.69) is 13.5 Å². The maximum Gasteiger partial charge on any atom is 0.416 e. The second-order valence-corrected chi connectivity index (χ2v) is 8.05. The zero-order valence-electron chi connectivity index (χ0n) is 18.5. The molecule has 0 aliphatic heterocycles. The highest BCUT2D eigenvalue weighted by Gasteiger charge is 2.30. The number of unbranched alkanes of at least 4 members (excludes halogenated alkanes) is 11. The number of halogens is 3. The van der Waals surface area contributed by atoms with E-state index < -0.39 is 11.7 Å². The highest BCUT2D eigenvalue weighted by molar-refractivity contribution is 5.86. The lowest BCUT2D eigenvalue weighted by Gasteiger charge is -2.21. The summed E-state index contributed by atoms with van der Waals surface area (Å²) in [4.78, 5) is 13.8. The maximum atomic E-state index is 12.7. The zero-order chi connectivity index (χ0) is 22.2. The average molecular weight is 426 g/mol. The number of carbonyl (C=O) groups is 1. The Kier molecular flexibility index (Phi) is 13.2. The fourth-order valence-electron chi connectivity index (χ4n) is 3.56. The first-order chi connectivity index (χ1) is 14.4. The van der Waals surface area contributed by atoms with Crippen molar-refractivity contribution in [1.29, 1.82) is 0 Å². The summed E-state index contributed by atoms with van der Waals surface area (Å²) in [5.41, 5.74) is 0.0194. The van der Waals surface area contributed by atoms with Crippen LogP contribution in [-0.4, -0.2) is 17.4 Å². The molecule has 30 heavy (non-hydrogen) atoms. The molecule has 1 amide bonds. The van der Waals surface area contributed by atoms with Crippen LogP contribution >= 0.6 is 0 Å². The molecule has 1 aromatic rings.